The van der Waals surface area contributed by atoms with Crippen molar-refractivity contribution >= 4 is 23.2 Å². The molecule has 2 heterocycles. The second-order valence-electron chi connectivity index (χ2n) is 7.88. The Kier molecular flexibility index (Phi) is 5.18. The highest BCUT2D eigenvalue weighted by atomic mass is 16.6. The fourth-order valence-electron chi connectivity index (χ4n) is 3.82. The van der Waals surface area contributed by atoms with Crippen molar-refractivity contribution in [3.8, 4) is 11.5 Å². The largest absolute Gasteiger partial charge is 0.486 e. The summed E-state index contributed by atoms with van der Waals surface area (Å²) in [5, 5.41) is 0. The lowest BCUT2D eigenvalue weighted by molar-refractivity contribution is -0.124. The highest BCUT2D eigenvalue weighted by molar-refractivity contribution is 6.04. The topological polar surface area (TPSA) is 59.1 Å². The first kappa shape index (κ1) is 19.3. The van der Waals surface area contributed by atoms with Crippen molar-refractivity contribution in [2.24, 2.45) is 5.92 Å². The summed E-state index contributed by atoms with van der Waals surface area (Å²) in [6, 6.07) is 13.5. The van der Waals surface area contributed by atoms with Crippen molar-refractivity contribution < 1.29 is 19.1 Å². The maximum absolute atomic E-state index is 13.1. The summed E-state index contributed by atoms with van der Waals surface area (Å²) in [5.74, 6) is 1.24. The summed E-state index contributed by atoms with van der Waals surface area (Å²) >= 11 is 0. The third-order valence-corrected chi connectivity index (χ3v) is 5.57. The number of nitrogens with zero attached hydrogens (tertiary/aromatic N) is 2. The first-order valence-electron chi connectivity index (χ1n) is 10.0. The van der Waals surface area contributed by atoms with Gasteiger partial charge < -0.3 is 19.3 Å². The van der Waals surface area contributed by atoms with Gasteiger partial charge in [-0.2, -0.15) is 0 Å². The predicted molar refractivity (Wildman–Crippen MR) is 112 cm³/mol. The van der Waals surface area contributed by atoms with Crippen LogP contribution < -0.4 is 19.3 Å². The van der Waals surface area contributed by atoms with E-state index in [0.717, 1.165) is 11.4 Å². The minimum absolute atomic E-state index is 0.0423. The van der Waals surface area contributed by atoms with Crippen LogP contribution in [-0.2, 0) is 9.59 Å². The number of fused-ring (bicyclic) bond motifs is 1. The average Bonchev–Trinajstić information content (AvgIpc) is 3.14. The van der Waals surface area contributed by atoms with Crippen molar-refractivity contribution in [2.45, 2.75) is 26.2 Å². The summed E-state index contributed by atoms with van der Waals surface area (Å²) in [6.45, 7) is 5.64. The highest BCUT2D eigenvalue weighted by Crippen LogP contribution is 2.36. The lowest BCUT2D eigenvalue weighted by Gasteiger charge is -2.23. The Morgan fingerprint density at radius 1 is 1.10 bits per heavy atom. The molecule has 6 nitrogen and oxygen atoms in total. The van der Waals surface area contributed by atoms with Gasteiger partial charge in [0.2, 0.25) is 11.8 Å². The second kappa shape index (κ2) is 7.78. The van der Waals surface area contributed by atoms with Gasteiger partial charge in [0, 0.05) is 37.5 Å². The molecule has 1 fully saturated rings. The smallest absolute Gasteiger partial charge is 0.232 e. The molecule has 2 amide bonds. The van der Waals surface area contributed by atoms with E-state index in [0.29, 0.717) is 37.2 Å². The van der Waals surface area contributed by atoms with Gasteiger partial charge in [0.05, 0.1) is 5.92 Å². The molecule has 29 heavy (non-hydrogen) atoms. The van der Waals surface area contributed by atoms with Crippen LogP contribution in [0, 0.1) is 5.92 Å². The Balaban J connectivity index is 1.50. The Hall–Kier alpha value is -3.02. The first-order valence-corrected chi connectivity index (χ1v) is 10.0. The van der Waals surface area contributed by atoms with Crippen LogP contribution >= 0.6 is 0 Å². The molecule has 2 aliphatic heterocycles. The van der Waals surface area contributed by atoms with Crippen LogP contribution in [0.25, 0.3) is 0 Å². The number of carbonyl (C=O) groups is 2. The standard InChI is InChI=1S/C23H26N2O4/c1-15(2)16-5-4-6-18(11-16)24(3)23(27)17-12-22(26)25(14-17)19-7-8-20-21(13-19)29-10-9-28-20/h4-8,11,13,15,17H,9-10,12,14H2,1-3H3. The zero-order valence-corrected chi connectivity index (χ0v) is 17.1. The molecule has 0 spiro atoms. The van der Waals surface area contributed by atoms with Crippen LogP contribution in [0.3, 0.4) is 0 Å². The molecule has 0 bridgehead atoms. The van der Waals surface area contributed by atoms with Gasteiger partial charge in [-0.25, -0.2) is 0 Å². The normalized spacial score (nSPS) is 18.3. The van der Waals surface area contributed by atoms with Gasteiger partial charge in [0.15, 0.2) is 11.5 Å². The molecule has 0 aliphatic carbocycles. The van der Waals surface area contributed by atoms with Gasteiger partial charge in [-0.15, -0.1) is 0 Å². The molecule has 2 aliphatic rings. The van der Waals surface area contributed by atoms with Gasteiger partial charge in [0.25, 0.3) is 0 Å². The van der Waals surface area contributed by atoms with E-state index in [1.807, 2.05) is 36.4 Å². The van der Waals surface area contributed by atoms with Gasteiger partial charge in [-0.3, -0.25) is 9.59 Å². The Labute approximate surface area is 171 Å². The van der Waals surface area contributed by atoms with Gasteiger partial charge in [-0.1, -0.05) is 26.0 Å². The average molecular weight is 394 g/mol. The van der Waals surface area contributed by atoms with E-state index in [1.54, 1.807) is 16.8 Å². The van der Waals surface area contributed by atoms with Crippen LogP contribution in [0.1, 0.15) is 31.7 Å². The number of amides is 2. The molecule has 0 N–H and O–H groups in total. The van der Waals surface area contributed by atoms with E-state index < -0.39 is 0 Å². The number of anilines is 2. The Morgan fingerprint density at radius 3 is 2.62 bits per heavy atom. The fraction of sp³-hybridized carbons (Fsp3) is 0.391. The Bertz CT molecular complexity index is 940. The molecule has 2 aromatic rings. The van der Waals surface area contributed by atoms with E-state index in [4.69, 9.17) is 9.47 Å². The molecule has 0 saturated carbocycles. The zero-order valence-electron chi connectivity index (χ0n) is 17.1. The molecule has 1 saturated heterocycles. The van der Waals surface area contributed by atoms with Crippen LogP contribution in [0.15, 0.2) is 42.5 Å². The molecule has 0 aromatic heterocycles. The maximum atomic E-state index is 13.1. The summed E-state index contributed by atoms with van der Waals surface area (Å²) in [5.41, 5.74) is 2.77. The summed E-state index contributed by atoms with van der Waals surface area (Å²) < 4.78 is 11.2. The van der Waals surface area contributed by atoms with Crippen LogP contribution in [-0.4, -0.2) is 38.6 Å². The maximum Gasteiger partial charge on any atom is 0.232 e. The molecule has 1 atom stereocenters. The van der Waals surface area contributed by atoms with Crippen molar-refractivity contribution in [1.29, 1.82) is 0 Å². The monoisotopic (exact) mass is 394 g/mol. The molecular weight excluding hydrogens is 368 g/mol. The molecule has 6 heteroatoms. The minimum Gasteiger partial charge on any atom is -0.486 e. The second-order valence-corrected chi connectivity index (χ2v) is 7.88. The van der Waals surface area contributed by atoms with Crippen LogP contribution in [0.5, 0.6) is 11.5 Å². The Morgan fingerprint density at radius 2 is 1.86 bits per heavy atom. The first-order chi connectivity index (χ1) is 13.9. The van der Waals surface area contributed by atoms with E-state index in [9.17, 15) is 9.59 Å². The summed E-state index contributed by atoms with van der Waals surface area (Å²) in [7, 11) is 1.78. The van der Waals surface area contributed by atoms with Gasteiger partial charge >= 0.3 is 0 Å². The number of carbonyl (C=O) groups excluding carboxylic acids is 2. The third kappa shape index (κ3) is 3.79. The van der Waals surface area contributed by atoms with E-state index in [1.165, 1.54) is 5.56 Å². The molecule has 0 radical (unpaired) electrons. The van der Waals surface area contributed by atoms with Crippen molar-refractivity contribution in [3.63, 3.8) is 0 Å². The van der Waals surface area contributed by atoms with Gasteiger partial charge in [0.1, 0.15) is 13.2 Å². The minimum atomic E-state index is -0.372. The number of hydrogen-bond acceptors (Lipinski definition) is 4. The highest BCUT2D eigenvalue weighted by Gasteiger charge is 2.37. The van der Waals surface area contributed by atoms with Crippen molar-refractivity contribution in [1.82, 2.24) is 0 Å². The van der Waals surface area contributed by atoms with Gasteiger partial charge in [-0.05, 0) is 35.7 Å². The zero-order chi connectivity index (χ0) is 20.5. The fourth-order valence-corrected chi connectivity index (χ4v) is 3.82. The van der Waals surface area contributed by atoms with Crippen molar-refractivity contribution in [3.05, 3.63) is 48.0 Å². The molecule has 2 aromatic carbocycles. The molecule has 152 valence electrons. The van der Waals surface area contributed by atoms with E-state index in [2.05, 4.69) is 19.9 Å². The number of ether oxygens (including phenoxy) is 2. The molecule has 1 unspecified atom stereocenters. The quantitative estimate of drug-likeness (QED) is 0.795. The van der Waals surface area contributed by atoms with Crippen LogP contribution in [0.4, 0.5) is 11.4 Å². The third-order valence-electron chi connectivity index (χ3n) is 5.57. The SMILES string of the molecule is CC(C)c1cccc(N(C)C(=O)C2CC(=O)N(c3ccc4c(c3)OCCO4)C2)c1. The number of benzene rings is 2. The van der Waals surface area contributed by atoms with E-state index in [-0.39, 0.29) is 24.2 Å². The number of rotatable bonds is 4. The van der Waals surface area contributed by atoms with E-state index >= 15 is 0 Å². The van der Waals surface area contributed by atoms with Crippen molar-refractivity contribution in [2.75, 3.05) is 36.6 Å². The predicted octanol–water partition coefficient (Wildman–Crippen LogP) is 3.60. The molecule has 4 rings (SSSR count). The van der Waals surface area contributed by atoms with Crippen LogP contribution in [0.2, 0.25) is 0 Å². The summed E-state index contributed by atoms with van der Waals surface area (Å²) in [6.07, 6.45) is 0.210. The lowest BCUT2D eigenvalue weighted by atomic mass is 10.0. The number of hydrogen-bond donors (Lipinski definition) is 0. The lowest BCUT2D eigenvalue weighted by Crippen LogP contribution is -2.34. The summed E-state index contributed by atoms with van der Waals surface area (Å²) in [4.78, 5) is 29.1. The molecular formula is C23H26N2O4.